The first kappa shape index (κ1) is 22.0. The highest BCUT2D eigenvalue weighted by Gasteiger charge is 2.44. The van der Waals surface area contributed by atoms with Crippen molar-refractivity contribution >= 4 is 17.7 Å². The summed E-state index contributed by atoms with van der Waals surface area (Å²) >= 11 is 0. The molecule has 1 atom stereocenters. The Morgan fingerprint density at radius 2 is 1.18 bits per heavy atom. The maximum Gasteiger partial charge on any atom is 0.262 e. The SMILES string of the molecule is O=C([C@@H](Cc1ccccc1)N1C(=O)c2ccccc2C1=O)N1CCN(Cc2ccccc2)CC1. The van der Waals surface area contributed by atoms with Gasteiger partial charge in [0.25, 0.3) is 11.8 Å². The highest BCUT2D eigenvalue weighted by Crippen LogP contribution is 2.27. The molecule has 3 aromatic carbocycles. The average molecular weight is 454 g/mol. The topological polar surface area (TPSA) is 60.9 Å². The third-order valence-electron chi connectivity index (χ3n) is 6.63. The first-order valence-electron chi connectivity index (χ1n) is 11.7. The quantitative estimate of drug-likeness (QED) is 0.538. The molecule has 0 saturated carbocycles. The van der Waals surface area contributed by atoms with Gasteiger partial charge in [-0.15, -0.1) is 0 Å². The van der Waals surface area contributed by atoms with Gasteiger partial charge in [-0.1, -0.05) is 72.8 Å². The summed E-state index contributed by atoms with van der Waals surface area (Å²) in [6.07, 6.45) is 0.301. The molecule has 0 N–H and O–H groups in total. The second kappa shape index (κ2) is 9.61. The zero-order valence-electron chi connectivity index (χ0n) is 19.0. The van der Waals surface area contributed by atoms with E-state index >= 15 is 0 Å². The fraction of sp³-hybridized carbons (Fsp3) is 0.250. The molecule has 0 aliphatic carbocycles. The van der Waals surface area contributed by atoms with Crippen molar-refractivity contribution in [1.82, 2.24) is 14.7 Å². The zero-order valence-corrected chi connectivity index (χ0v) is 19.0. The number of rotatable bonds is 6. The Balaban J connectivity index is 1.34. The number of carbonyl (C=O) groups excluding carboxylic acids is 3. The minimum Gasteiger partial charge on any atom is -0.338 e. The van der Waals surface area contributed by atoms with Crippen LogP contribution in [0.3, 0.4) is 0 Å². The molecule has 1 saturated heterocycles. The van der Waals surface area contributed by atoms with Gasteiger partial charge in [-0.3, -0.25) is 24.2 Å². The number of hydrogen-bond acceptors (Lipinski definition) is 4. The van der Waals surface area contributed by atoms with Crippen molar-refractivity contribution in [2.24, 2.45) is 0 Å². The minimum absolute atomic E-state index is 0.169. The lowest BCUT2D eigenvalue weighted by molar-refractivity contribution is -0.137. The number of fused-ring (bicyclic) bond motifs is 1. The summed E-state index contributed by atoms with van der Waals surface area (Å²) in [5, 5.41) is 0. The van der Waals surface area contributed by atoms with E-state index in [1.54, 1.807) is 29.2 Å². The van der Waals surface area contributed by atoms with E-state index in [1.165, 1.54) is 10.5 Å². The molecule has 0 radical (unpaired) electrons. The smallest absolute Gasteiger partial charge is 0.262 e. The number of hydrogen-bond donors (Lipinski definition) is 0. The van der Waals surface area contributed by atoms with E-state index in [9.17, 15) is 14.4 Å². The molecule has 3 amide bonds. The summed E-state index contributed by atoms with van der Waals surface area (Å²) in [5.74, 6) is -0.951. The van der Waals surface area contributed by atoms with Crippen LogP contribution >= 0.6 is 0 Å². The molecule has 6 nitrogen and oxygen atoms in total. The molecule has 172 valence electrons. The van der Waals surface area contributed by atoms with E-state index in [1.807, 2.05) is 48.5 Å². The van der Waals surface area contributed by atoms with Crippen LogP contribution in [0.1, 0.15) is 31.8 Å². The zero-order chi connectivity index (χ0) is 23.5. The minimum atomic E-state index is -0.865. The van der Waals surface area contributed by atoms with Gasteiger partial charge < -0.3 is 4.90 Å². The van der Waals surface area contributed by atoms with Crippen molar-refractivity contribution in [3.8, 4) is 0 Å². The standard InChI is InChI=1S/C28H27N3O3/c32-26-23-13-7-8-14-24(23)27(33)31(26)25(19-21-9-3-1-4-10-21)28(34)30-17-15-29(16-18-30)20-22-11-5-2-6-12-22/h1-14,25H,15-20H2/t25-/m1/s1. The second-order valence-corrected chi connectivity index (χ2v) is 8.82. The van der Waals surface area contributed by atoms with Crippen LogP contribution in [0.2, 0.25) is 0 Å². The summed E-state index contributed by atoms with van der Waals surface area (Å²) in [7, 11) is 0. The maximum atomic E-state index is 13.8. The van der Waals surface area contributed by atoms with Crippen molar-refractivity contribution in [3.05, 3.63) is 107 Å². The summed E-state index contributed by atoms with van der Waals surface area (Å²) in [6, 6.07) is 25.8. The van der Waals surface area contributed by atoms with Crippen LogP contribution in [0, 0.1) is 0 Å². The number of amides is 3. The van der Waals surface area contributed by atoms with Crippen LogP contribution in [0.4, 0.5) is 0 Å². The van der Waals surface area contributed by atoms with Crippen LogP contribution < -0.4 is 0 Å². The average Bonchev–Trinajstić information content (AvgIpc) is 3.14. The molecule has 5 rings (SSSR count). The Hall–Kier alpha value is -3.77. The largest absolute Gasteiger partial charge is 0.338 e. The lowest BCUT2D eigenvalue weighted by atomic mass is 10.0. The summed E-state index contributed by atoms with van der Waals surface area (Å²) < 4.78 is 0. The van der Waals surface area contributed by atoms with Crippen LogP contribution in [0.25, 0.3) is 0 Å². The maximum absolute atomic E-state index is 13.8. The number of imide groups is 1. The van der Waals surface area contributed by atoms with Crippen molar-refractivity contribution in [2.75, 3.05) is 26.2 Å². The van der Waals surface area contributed by atoms with Crippen molar-refractivity contribution in [1.29, 1.82) is 0 Å². The fourth-order valence-electron chi connectivity index (χ4n) is 4.80. The van der Waals surface area contributed by atoms with Crippen LogP contribution in [-0.4, -0.2) is 64.6 Å². The van der Waals surface area contributed by atoms with Gasteiger partial charge in [0.05, 0.1) is 11.1 Å². The molecule has 6 heteroatoms. The van der Waals surface area contributed by atoms with E-state index in [-0.39, 0.29) is 5.91 Å². The number of carbonyl (C=O) groups is 3. The van der Waals surface area contributed by atoms with Gasteiger partial charge in [-0.2, -0.15) is 0 Å². The van der Waals surface area contributed by atoms with Crippen LogP contribution in [0.5, 0.6) is 0 Å². The Morgan fingerprint density at radius 3 is 1.74 bits per heavy atom. The number of benzene rings is 3. The summed E-state index contributed by atoms with van der Waals surface area (Å²) in [5.41, 5.74) is 2.90. The monoisotopic (exact) mass is 453 g/mol. The molecule has 0 unspecified atom stereocenters. The third kappa shape index (κ3) is 4.37. The predicted molar refractivity (Wildman–Crippen MR) is 129 cm³/mol. The number of piperazine rings is 1. The summed E-state index contributed by atoms with van der Waals surface area (Å²) in [4.78, 5) is 45.5. The molecule has 2 aliphatic rings. The molecule has 0 aromatic heterocycles. The van der Waals surface area contributed by atoms with Gasteiger partial charge in [0.15, 0.2) is 0 Å². The molecular formula is C28H27N3O3. The lowest BCUT2D eigenvalue weighted by Gasteiger charge is -2.38. The van der Waals surface area contributed by atoms with Gasteiger partial charge in [-0.25, -0.2) is 0 Å². The Morgan fingerprint density at radius 1 is 0.676 bits per heavy atom. The van der Waals surface area contributed by atoms with E-state index < -0.39 is 17.9 Å². The van der Waals surface area contributed by atoms with Gasteiger partial charge in [0.2, 0.25) is 5.91 Å². The van der Waals surface area contributed by atoms with Gasteiger partial charge in [0, 0.05) is 39.1 Å². The van der Waals surface area contributed by atoms with Crippen molar-refractivity contribution in [2.45, 2.75) is 19.0 Å². The second-order valence-electron chi connectivity index (χ2n) is 8.82. The highest BCUT2D eigenvalue weighted by molar-refractivity contribution is 6.22. The molecule has 2 aliphatic heterocycles. The molecule has 0 spiro atoms. The Kier molecular flexibility index (Phi) is 6.23. The van der Waals surface area contributed by atoms with Gasteiger partial charge in [-0.05, 0) is 23.3 Å². The van der Waals surface area contributed by atoms with Gasteiger partial charge >= 0.3 is 0 Å². The van der Waals surface area contributed by atoms with Crippen LogP contribution in [-0.2, 0) is 17.8 Å². The Bertz CT molecular complexity index is 1150. The molecule has 0 bridgehead atoms. The van der Waals surface area contributed by atoms with E-state index in [0.29, 0.717) is 30.6 Å². The molecule has 34 heavy (non-hydrogen) atoms. The third-order valence-corrected chi connectivity index (χ3v) is 6.63. The van der Waals surface area contributed by atoms with Crippen LogP contribution in [0.15, 0.2) is 84.9 Å². The number of nitrogens with zero attached hydrogens (tertiary/aromatic N) is 3. The van der Waals surface area contributed by atoms with Crippen molar-refractivity contribution < 1.29 is 14.4 Å². The Labute approximate surface area is 199 Å². The normalized spacial score (nSPS) is 17.1. The first-order valence-corrected chi connectivity index (χ1v) is 11.7. The molecule has 1 fully saturated rings. The van der Waals surface area contributed by atoms with Gasteiger partial charge in [0.1, 0.15) is 6.04 Å². The molecule has 3 aromatic rings. The highest BCUT2D eigenvalue weighted by atomic mass is 16.2. The van der Waals surface area contributed by atoms with E-state index in [2.05, 4.69) is 17.0 Å². The van der Waals surface area contributed by atoms with E-state index in [0.717, 1.165) is 25.2 Å². The lowest BCUT2D eigenvalue weighted by Crippen LogP contribution is -2.56. The van der Waals surface area contributed by atoms with Crippen molar-refractivity contribution in [3.63, 3.8) is 0 Å². The molecular weight excluding hydrogens is 426 g/mol. The first-order chi connectivity index (χ1) is 16.6. The fourth-order valence-corrected chi connectivity index (χ4v) is 4.80. The molecule has 2 heterocycles. The van der Waals surface area contributed by atoms with E-state index in [4.69, 9.17) is 0 Å². The predicted octanol–water partition coefficient (Wildman–Crippen LogP) is 3.24. The summed E-state index contributed by atoms with van der Waals surface area (Å²) in [6.45, 7) is 3.48.